The van der Waals surface area contributed by atoms with Gasteiger partial charge in [-0.05, 0) is 44.0 Å². The molecule has 5 heteroatoms. The number of nitrogens with one attached hydrogen (secondary N) is 2. The lowest BCUT2D eigenvalue weighted by Crippen LogP contribution is -2.36. The number of rotatable bonds is 6. The number of nitrogens with two attached hydrogens (primary N) is 1. The van der Waals surface area contributed by atoms with Crippen molar-refractivity contribution in [2.24, 2.45) is 10.7 Å². The number of para-hydroxylation sites is 1. The number of aliphatic imine (C=N–C) groups is 1. The molecular formula is C18H27N5. The van der Waals surface area contributed by atoms with Crippen molar-refractivity contribution in [2.75, 3.05) is 26.2 Å². The average molecular weight is 313 g/mol. The molecular weight excluding hydrogens is 286 g/mol. The molecule has 3 rings (SSSR count). The average Bonchev–Trinajstić information content (AvgIpc) is 3.19. The summed E-state index contributed by atoms with van der Waals surface area (Å²) >= 11 is 0. The minimum absolute atomic E-state index is 0.563. The molecule has 1 aliphatic heterocycles. The molecule has 0 radical (unpaired) electrons. The molecule has 0 amide bonds. The molecule has 1 atom stereocenters. The molecule has 0 saturated carbocycles. The Bertz CT molecular complexity index is 660. The standard InChI is InChI=1S/C18H27N5/c1-2-23-11-5-6-15(23)13-22-18(19)20-10-9-14-12-21-17-8-4-3-7-16(14)17/h3-4,7-8,12,15,21H,2,5-6,9-11,13H2,1H3,(H3,19,20,22). The minimum Gasteiger partial charge on any atom is -0.370 e. The van der Waals surface area contributed by atoms with Crippen molar-refractivity contribution < 1.29 is 0 Å². The van der Waals surface area contributed by atoms with Crippen LogP contribution in [-0.2, 0) is 6.42 Å². The fraction of sp³-hybridized carbons (Fsp3) is 0.500. The molecule has 0 spiro atoms. The van der Waals surface area contributed by atoms with E-state index < -0.39 is 0 Å². The van der Waals surface area contributed by atoms with Gasteiger partial charge < -0.3 is 16.0 Å². The van der Waals surface area contributed by atoms with E-state index in [-0.39, 0.29) is 0 Å². The number of guanidine groups is 1. The van der Waals surface area contributed by atoms with Crippen molar-refractivity contribution in [2.45, 2.75) is 32.2 Å². The van der Waals surface area contributed by atoms with Crippen LogP contribution in [0.25, 0.3) is 10.9 Å². The summed E-state index contributed by atoms with van der Waals surface area (Å²) in [5.41, 5.74) is 8.50. The number of aromatic nitrogens is 1. The van der Waals surface area contributed by atoms with Crippen molar-refractivity contribution in [3.63, 3.8) is 0 Å². The molecule has 1 aromatic heterocycles. The lowest BCUT2D eigenvalue weighted by Gasteiger charge is -2.20. The maximum Gasteiger partial charge on any atom is 0.188 e. The maximum absolute atomic E-state index is 6.00. The Morgan fingerprint density at radius 3 is 3.17 bits per heavy atom. The molecule has 5 nitrogen and oxygen atoms in total. The number of fused-ring (bicyclic) bond motifs is 1. The summed E-state index contributed by atoms with van der Waals surface area (Å²) in [5.74, 6) is 0.563. The number of hydrogen-bond acceptors (Lipinski definition) is 2. The van der Waals surface area contributed by atoms with Crippen molar-refractivity contribution >= 4 is 16.9 Å². The second-order valence-corrected chi connectivity index (χ2v) is 6.19. The van der Waals surface area contributed by atoms with E-state index in [0.717, 1.165) is 26.1 Å². The number of aromatic amines is 1. The van der Waals surface area contributed by atoms with Crippen molar-refractivity contribution in [1.82, 2.24) is 15.2 Å². The summed E-state index contributed by atoms with van der Waals surface area (Å²) in [6.45, 7) is 6.13. The van der Waals surface area contributed by atoms with Crippen LogP contribution in [0.2, 0.25) is 0 Å². The molecule has 124 valence electrons. The van der Waals surface area contributed by atoms with E-state index in [1.54, 1.807) is 0 Å². The Labute approximate surface area is 138 Å². The highest BCUT2D eigenvalue weighted by molar-refractivity contribution is 5.83. The molecule has 4 N–H and O–H groups in total. The summed E-state index contributed by atoms with van der Waals surface area (Å²) in [6.07, 6.45) is 5.53. The minimum atomic E-state index is 0.563. The second-order valence-electron chi connectivity index (χ2n) is 6.19. The van der Waals surface area contributed by atoms with Crippen LogP contribution in [0.1, 0.15) is 25.3 Å². The molecule has 1 fully saturated rings. The molecule has 1 saturated heterocycles. The van der Waals surface area contributed by atoms with E-state index in [1.807, 2.05) is 6.07 Å². The van der Waals surface area contributed by atoms with Gasteiger partial charge in [-0.1, -0.05) is 25.1 Å². The molecule has 2 aromatic rings. The molecule has 0 aliphatic carbocycles. The van der Waals surface area contributed by atoms with Crippen LogP contribution in [0.4, 0.5) is 0 Å². The highest BCUT2D eigenvalue weighted by atomic mass is 15.2. The summed E-state index contributed by atoms with van der Waals surface area (Å²) in [4.78, 5) is 10.3. The summed E-state index contributed by atoms with van der Waals surface area (Å²) in [7, 11) is 0. The summed E-state index contributed by atoms with van der Waals surface area (Å²) in [6, 6.07) is 8.94. The van der Waals surface area contributed by atoms with Crippen molar-refractivity contribution in [3.05, 3.63) is 36.0 Å². The van der Waals surface area contributed by atoms with Gasteiger partial charge in [0.1, 0.15) is 0 Å². The lowest BCUT2D eigenvalue weighted by molar-refractivity contribution is 0.273. The normalized spacial score (nSPS) is 19.5. The van der Waals surface area contributed by atoms with Gasteiger partial charge in [0, 0.05) is 29.7 Å². The van der Waals surface area contributed by atoms with Gasteiger partial charge in [-0.25, -0.2) is 0 Å². The van der Waals surface area contributed by atoms with Crippen LogP contribution in [0.15, 0.2) is 35.5 Å². The molecule has 0 bridgehead atoms. The highest BCUT2D eigenvalue weighted by Gasteiger charge is 2.22. The third-order valence-electron chi connectivity index (χ3n) is 4.75. The van der Waals surface area contributed by atoms with Crippen LogP contribution in [0, 0.1) is 0 Å². The Balaban J connectivity index is 1.47. The van der Waals surface area contributed by atoms with Crippen LogP contribution in [-0.4, -0.2) is 48.1 Å². The zero-order valence-electron chi connectivity index (χ0n) is 13.9. The summed E-state index contributed by atoms with van der Waals surface area (Å²) in [5, 5.41) is 4.52. The Hall–Kier alpha value is -2.01. The third-order valence-corrected chi connectivity index (χ3v) is 4.75. The first-order valence-electron chi connectivity index (χ1n) is 8.60. The van der Waals surface area contributed by atoms with Crippen LogP contribution in [0.5, 0.6) is 0 Å². The number of likely N-dealkylation sites (tertiary alicyclic amines) is 1. The van der Waals surface area contributed by atoms with E-state index in [0.29, 0.717) is 12.0 Å². The molecule has 1 unspecified atom stereocenters. The van der Waals surface area contributed by atoms with Crippen molar-refractivity contribution in [1.29, 1.82) is 0 Å². The quantitative estimate of drug-likeness (QED) is 0.565. The predicted octanol–water partition coefficient (Wildman–Crippen LogP) is 2.10. The Kier molecular flexibility index (Phi) is 5.18. The van der Waals surface area contributed by atoms with Crippen LogP contribution in [0.3, 0.4) is 0 Å². The van der Waals surface area contributed by atoms with Gasteiger partial charge in [0.2, 0.25) is 0 Å². The van der Waals surface area contributed by atoms with Gasteiger partial charge in [-0.3, -0.25) is 9.89 Å². The fourth-order valence-corrected chi connectivity index (χ4v) is 3.44. The van der Waals surface area contributed by atoms with E-state index in [2.05, 4.69) is 51.5 Å². The Morgan fingerprint density at radius 2 is 2.30 bits per heavy atom. The second kappa shape index (κ2) is 7.51. The van der Waals surface area contributed by atoms with Gasteiger partial charge >= 0.3 is 0 Å². The van der Waals surface area contributed by atoms with Gasteiger partial charge in [0.05, 0.1) is 6.54 Å². The molecule has 23 heavy (non-hydrogen) atoms. The maximum atomic E-state index is 6.00. The van der Waals surface area contributed by atoms with E-state index in [9.17, 15) is 0 Å². The van der Waals surface area contributed by atoms with Gasteiger partial charge in [0.25, 0.3) is 0 Å². The molecule has 1 aromatic carbocycles. The van der Waals surface area contributed by atoms with Gasteiger partial charge in [0.15, 0.2) is 5.96 Å². The first-order chi connectivity index (χ1) is 11.3. The topological polar surface area (TPSA) is 69.4 Å². The highest BCUT2D eigenvalue weighted by Crippen LogP contribution is 2.18. The Morgan fingerprint density at radius 1 is 1.43 bits per heavy atom. The SMILES string of the molecule is CCN1CCCC1CN=C(N)NCCc1c[nH]c2ccccc12. The number of nitrogens with zero attached hydrogens (tertiary/aromatic N) is 2. The van der Waals surface area contributed by atoms with Gasteiger partial charge in [-0.15, -0.1) is 0 Å². The predicted molar refractivity (Wildman–Crippen MR) is 96.8 cm³/mol. The van der Waals surface area contributed by atoms with E-state index in [1.165, 1.54) is 35.9 Å². The fourth-order valence-electron chi connectivity index (χ4n) is 3.44. The lowest BCUT2D eigenvalue weighted by atomic mass is 10.1. The van der Waals surface area contributed by atoms with E-state index >= 15 is 0 Å². The largest absolute Gasteiger partial charge is 0.370 e. The van der Waals surface area contributed by atoms with E-state index in [4.69, 9.17) is 5.73 Å². The first-order valence-corrected chi connectivity index (χ1v) is 8.60. The number of benzene rings is 1. The van der Waals surface area contributed by atoms with Crippen LogP contribution >= 0.6 is 0 Å². The molecule has 2 heterocycles. The number of hydrogen-bond donors (Lipinski definition) is 3. The smallest absolute Gasteiger partial charge is 0.188 e. The number of likely N-dealkylation sites (N-methyl/N-ethyl adjacent to an activating group) is 1. The summed E-state index contributed by atoms with van der Waals surface area (Å²) < 4.78 is 0. The zero-order chi connectivity index (χ0) is 16.1. The van der Waals surface area contributed by atoms with Crippen molar-refractivity contribution in [3.8, 4) is 0 Å². The van der Waals surface area contributed by atoms with Crippen LogP contribution < -0.4 is 11.1 Å². The first kappa shape index (κ1) is 15.9. The van der Waals surface area contributed by atoms with Gasteiger partial charge in [-0.2, -0.15) is 0 Å². The molecule has 1 aliphatic rings. The third kappa shape index (κ3) is 3.85. The monoisotopic (exact) mass is 313 g/mol. The zero-order valence-corrected chi connectivity index (χ0v) is 13.9. The number of H-pyrrole nitrogens is 1.